The molecule has 0 bridgehead atoms. The second-order valence-electron chi connectivity index (χ2n) is 2.25. The van der Waals surface area contributed by atoms with E-state index in [4.69, 9.17) is 0 Å². The molecule has 0 spiro atoms. The van der Waals surface area contributed by atoms with Crippen LogP contribution in [0.25, 0.3) is 11.5 Å². The van der Waals surface area contributed by atoms with Crippen LogP contribution in [0.4, 0.5) is 0 Å². The Morgan fingerprint density at radius 1 is 1.58 bits per heavy atom. The number of hydrogen-bond acceptors (Lipinski definition) is 4. The summed E-state index contributed by atoms with van der Waals surface area (Å²) in [6.07, 6.45) is 1.88. The van der Waals surface area contributed by atoms with Gasteiger partial charge in [0.25, 0.3) is 0 Å². The SMILES string of the molecule is Cn1ccc(-c2nsc(I)n2)n1. The van der Waals surface area contributed by atoms with Crippen molar-refractivity contribution in [2.45, 2.75) is 0 Å². The molecule has 6 heteroatoms. The molecule has 0 saturated carbocycles. The van der Waals surface area contributed by atoms with Gasteiger partial charge in [-0.25, -0.2) is 4.98 Å². The van der Waals surface area contributed by atoms with Gasteiger partial charge in [0.05, 0.1) is 0 Å². The van der Waals surface area contributed by atoms with Gasteiger partial charge in [0.2, 0.25) is 0 Å². The minimum Gasteiger partial charge on any atom is -0.275 e. The molecule has 0 unspecified atom stereocenters. The number of halogens is 1. The van der Waals surface area contributed by atoms with E-state index >= 15 is 0 Å². The van der Waals surface area contributed by atoms with E-state index in [0.29, 0.717) is 5.82 Å². The second-order valence-corrected chi connectivity index (χ2v) is 4.75. The maximum atomic E-state index is 4.21. The van der Waals surface area contributed by atoms with Crippen LogP contribution in [0.5, 0.6) is 0 Å². The van der Waals surface area contributed by atoms with Crippen molar-refractivity contribution in [1.82, 2.24) is 19.1 Å². The van der Waals surface area contributed by atoms with Crippen molar-refractivity contribution >= 4 is 34.1 Å². The first-order valence-electron chi connectivity index (χ1n) is 3.25. The fraction of sp³-hybridized carbons (Fsp3) is 0.167. The third-order valence-electron chi connectivity index (χ3n) is 1.34. The molecule has 0 radical (unpaired) electrons. The zero-order valence-corrected chi connectivity index (χ0v) is 9.20. The van der Waals surface area contributed by atoms with Gasteiger partial charge in [-0.1, -0.05) is 0 Å². The third-order valence-corrected chi connectivity index (χ3v) is 2.68. The maximum absolute atomic E-state index is 4.21. The highest BCUT2D eigenvalue weighted by atomic mass is 127. The molecule has 0 aliphatic heterocycles. The maximum Gasteiger partial charge on any atom is 0.194 e. The Kier molecular flexibility index (Phi) is 2.09. The highest BCUT2D eigenvalue weighted by Gasteiger charge is 2.06. The van der Waals surface area contributed by atoms with Gasteiger partial charge >= 0.3 is 0 Å². The Morgan fingerprint density at radius 3 is 2.92 bits per heavy atom. The van der Waals surface area contributed by atoms with E-state index in [1.165, 1.54) is 11.5 Å². The van der Waals surface area contributed by atoms with Crippen molar-refractivity contribution in [2.24, 2.45) is 7.05 Å². The first kappa shape index (κ1) is 8.11. The number of aryl methyl sites for hydroxylation is 1. The van der Waals surface area contributed by atoms with Crippen LogP contribution in [0, 0.1) is 3.01 Å². The summed E-state index contributed by atoms with van der Waals surface area (Å²) in [5.41, 5.74) is 0.830. The van der Waals surface area contributed by atoms with Crippen LogP contribution in [-0.4, -0.2) is 19.1 Å². The van der Waals surface area contributed by atoms with E-state index < -0.39 is 0 Å². The average molecular weight is 292 g/mol. The second kappa shape index (κ2) is 3.09. The minimum atomic E-state index is 0.713. The Labute approximate surface area is 86.9 Å². The molecule has 0 aliphatic rings. The number of aromatic nitrogens is 4. The van der Waals surface area contributed by atoms with Crippen LogP contribution >= 0.6 is 34.1 Å². The van der Waals surface area contributed by atoms with Crippen LogP contribution in [0.1, 0.15) is 0 Å². The van der Waals surface area contributed by atoms with Crippen LogP contribution in [0.3, 0.4) is 0 Å². The molecular weight excluding hydrogens is 287 g/mol. The molecule has 0 aliphatic carbocycles. The Hall–Kier alpha value is -0.500. The smallest absolute Gasteiger partial charge is 0.194 e. The Bertz CT molecular complexity index is 355. The van der Waals surface area contributed by atoms with Crippen LogP contribution < -0.4 is 0 Å². The molecular formula is C6H5IN4S. The molecule has 0 saturated heterocycles. The molecule has 0 atom stereocenters. The number of hydrogen-bond donors (Lipinski definition) is 0. The Balaban J connectivity index is 2.43. The molecule has 0 N–H and O–H groups in total. The molecule has 4 nitrogen and oxygen atoms in total. The normalized spacial score (nSPS) is 10.5. The van der Waals surface area contributed by atoms with Gasteiger partial charge in [0, 0.05) is 13.2 Å². The highest BCUT2D eigenvalue weighted by molar-refractivity contribution is 14.1. The van der Waals surface area contributed by atoms with Gasteiger partial charge in [0.15, 0.2) is 8.84 Å². The quantitative estimate of drug-likeness (QED) is 0.749. The monoisotopic (exact) mass is 292 g/mol. The lowest BCUT2D eigenvalue weighted by atomic mass is 10.4. The lowest BCUT2D eigenvalue weighted by Gasteiger charge is -1.85. The summed E-state index contributed by atoms with van der Waals surface area (Å²) in [5.74, 6) is 0.713. The number of rotatable bonds is 1. The standard InChI is InChI=1S/C6H5IN4S/c1-11-3-2-4(9-11)5-8-6(7)12-10-5/h2-3H,1H3. The third kappa shape index (κ3) is 1.48. The summed E-state index contributed by atoms with van der Waals surface area (Å²) in [7, 11) is 1.88. The van der Waals surface area contributed by atoms with E-state index in [-0.39, 0.29) is 0 Å². The summed E-state index contributed by atoms with van der Waals surface area (Å²) in [4.78, 5) is 4.21. The van der Waals surface area contributed by atoms with Crippen molar-refractivity contribution in [1.29, 1.82) is 0 Å². The van der Waals surface area contributed by atoms with E-state index in [2.05, 4.69) is 37.0 Å². The molecule has 0 amide bonds. The lowest BCUT2D eigenvalue weighted by molar-refractivity contribution is 0.769. The molecule has 62 valence electrons. The van der Waals surface area contributed by atoms with Crippen LogP contribution in [-0.2, 0) is 7.05 Å². The molecule has 12 heavy (non-hydrogen) atoms. The minimum absolute atomic E-state index is 0.713. The van der Waals surface area contributed by atoms with Gasteiger partial charge in [-0.15, -0.1) is 0 Å². The molecule has 2 heterocycles. The fourth-order valence-corrected chi connectivity index (χ4v) is 1.79. The molecule has 2 rings (SSSR count). The van der Waals surface area contributed by atoms with E-state index in [1.54, 1.807) is 4.68 Å². The van der Waals surface area contributed by atoms with Gasteiger partial charge < -0.3 is 0 Å². The summed E-state index contributed by atoms with van der Waals surface area (Å²) in [6.45, 7) is 0. The van der Waals surface area contributed by atoms with Crippen molar-refractivity contribution in [2.75, 3.05) is 0 Å². The van der Waals surface area contributed by atoms with Gasteiger partial charge in [-0.2, -0.15) is 9.47 Å². The molecule has 2 aromatic rings. The van der Waals surface area contributed by atoms with Gasteiger partial charge in [-0.05, 0) is 40.2 Å². The predicted octanol–water partition coefficient (Wildman–Crippen LogP) is 1.54. The summed E-state index contributed by atoms with van der Waals surface area (Å²) >= 11 is 3.53. The lowest BCUT2D eigenvalue weighted by Crippen LogP contribution is -1.88. The zero-order chi connectivity index (χ0) is 8.55. The first-order valence-corrected chi connectivity index (χ1v) is 5.10. The van der Waals surface area contributed by atoms with Gasteiger partial charge in [0.1, 0.15) is 5.69 Å². The van der Waals surface area contributed by atoms with E-state index in [9.17, 15) is 0 Å². The van der Waals surface area contributed by atoms with Crippen molar-refractivity contribution in [3.63, 3.8) is 0 Å². The summed E-state index contributed by atoms with van der Waals surface area (Å²) in [6, 6.07) is 1.90. The summed E-state index contributed by atoms with van der Waals surface area (Å²) < 4.78 is 6.82. The fourth-order valence-electron chi connectivity index (χ4n) is 0.843. The highest BCUT2D eigenvalue weighted by Crippen LogP contribution is 2.16. The average Bonchev–Trinajstić information content (AvgIpc) is 2.58. The van der Waals surface area contributed by atoms with E-state index in [0.717, 1.165) is 8.71 Å². The van der Waals surface area contributed by atoms with E-state index in [1.807, 2.05) is 19.3 Å². The van der Waals surface area contributed by atoms with Crippen molar-refractivity contribution in [3.05, 3.63) is 15.3 Å². The van der Waals surface area contributed by atoms with Crippen molar-refractivity contribution in [3.8, 4) is 11.5 Å². The molecule has 0 aromatic carbocycles. The van der Waals surface area contributed by atoms with Crippen LogP contribution in [0.15, 0.2) is 12.3 Å². The topological polar surface area (TPSA) is 43.6 Å². The number of nitrogens with zero attached hydrogens (tertiary/aromatic N) is 4. The van der Waals surface area contributed by atoms with Crippen molar-refractivity contribution < 1.29 is 0 Å². The van der Waals surface area contributed by atoms with Gasteiger partial charge in [-0.3, -0.25) is 4.68 Å². The first-order chi connectivity index (χ1) is 5.75. The van der Waals surface area contributed by atoms with Crippen LogP contribution in [0.2, 0.25) is 0 Å². The largest absolute Gasteiger partial charge is 0.275 e. The molecule has 0 fully saturated rings. The Morgan fingerprint density at radius 2 is 2.42 bits per heavy atom. The zero-order valence-electron chi connectivity index (χ0n) is 6.23. The predicted molar refractivity (Wildman–Crippen MR) is 54.8 cm³/mol. The molecule has 2 aromatic heterocycles. The summed E-state index contributed by atoms with van der Waals surface area (Å²) in [5, 5.41) is 4.19.